The monoisotopic (exact) mass is 285 g/mol. The maximum absolute atomic E-state index is 13.9. The number of esters is 1. The second-order valence-electron chi connectivity index (χ2n) is 4.79. The first-order valence-electron chi connectivity index (χ1n) is 6.79. The second-order valence-corrected chi connectivity index (χ2v) is 4.79. The quantitative estimate of drug-likeness (QED) is 0.803. The molecule has 0 radical (unpaired) electrons. The number of halogens is 2. The molecule has 1 N–H and O–H groups in total. The predicted octanol–water partition coefficient (Wildman–Crippen LogP) is 3.99. The van der Waals surface area contributed by atoms with E-state index in [1.54, 1.807) is 0 Å². The van der Waals surface area contributed by atoms with E-state index in [0.717, 1.165) is 20.0 Å². The molecule has 0 bridgehead atoms. The molecule has 0 saturated carbocycles. The van der Waals surface area contributed by atoms with Gasteiger partial charge in [-0.25, -0.2) is 13.6 Å². The Morgan fingerprint density at radius 3 is 2.35 bits per heavy atom. The molecule has 0 fully saturated rings. The molecule has 1 unspecified atom stereocenters. The van der Waals surface area contributed by atoms with Crippen LogP contribution in [0.5, 0.6) is 0 Å². The summed E-state index contributed by atoms with van der Waals surface area (Å²) in [7, 11) is 1.13. The van der Waals surface area contributed by atoms with Gasteiger partial charge in [0.25, 0.3) is 0 Å². The van der Waals surface area contributed by atoms with E-state index >= 15 is 0 Å². The molecule has 0 aliphatic rings. The Morgan fingerprint density at radius 1 is 1.25 bits per heavy atom. The fourth-order valence-corrected chi connectivity index (χ4v) is 2.29. The zero-order valence-corrected chi connectivity index (χ0v) is 12.3. The molecule has 0 aliphatic carbocycles. The van der Waals surface area contributed by atoms with E-state index in [1.165, 1.54) is 12.1 Å². The molecule has 0 amide bonds. The second kappa shape index (κ2) is 7.22. The van der Waals surface area contributed by atoms with Crippen molar-refractivity contribution in [1.29, 1.82) is 0 Å². The molecule has 20 heavy (non-hydrogen) atoms. The third-order valence-corrected chi connectivity index (χ3v) is 3.63. The summed E-state index contributed by atoms with van der Waals surface area (Å²) in [4.78, 5) is 11.3. The Labute approximate surface area is 118 Å². The van der Waals surface area contributed by atoms with Crippen LogP contribution in [0.25, 0.3) is 0 Å². The Bertz CT molecular complexity index is 473. The third-order valence-electron chi connectivity index (χ3n) is 3.63. The van der Waals surface area contributed by atoms with Gasteiger partial charge in [-0.15, -0.1) is 0 Å². The molecule has 0 heterocycles. The minimum absolute atomic E-state index is 0.0166. The van der Waals surface area contributed by atoms with Crippen LogP contribution in [0.15, 0.2) is 12.1 Å². The van der Waals surface area contributed by atoms with Crippen molar-refractivity contribution in [2.45, 2.75) is 39.7 Å². The van der Waals surface area contributed by atoms with E-state index < -0.39 is 23.2 Å². The van der Waals surface area contributed by atoms with Crippen LogP contribution in [0.3, 0.4) is 0 Å². The first-order chi connectivity index (χ1) is 9.46. The average molecular weight is 285 g/mol. The van der Waals surface area contributed by atoms with Crippen molar-refractivity contribution in [3.05, 3.63) is 29.3 Å². The Kier molecular flexibility index (Phi) is 5.92. The van der Waals surface area contributed by atoms with Crippen LogP contribution in [0.1, 0.15) is 44.0 Å². The molecule has 1 rings (SSSR count). The molecule has 1 atom stereocenters. The first-order valence-corrected chi connectivity index (χ1v) is 6.79. The van der Waals surface area contributed by atoms with Gasteiger partial charge < -0.3 is 10.1 Å². The Morgan fingerprint density at radius 2 is 1.85 bits per heavy atom. The summed E-state index contributed by atoms with van der Waals surface area (Å²) in [5.41, 5.74) is -0.333. The van der Waals surface area contributed by atoms with Crippen LogP contribution in [0.2, 0.25) is 0 Å². The van der Waals surface area contributed by atoms with Crippen LogP contribution in [-0.2, 0) is 4.74 Å². The van der Waals surface area contributed by atoms with Crippen molar-refractivity contribution in [3.63, 3.8) is 0 Å². The number of methoxy groups -OCH3 is 1. The van der Waals surface area contributed by atoms with Gasteiger partial charge in [-0.2, -0.15) is 0 Å². The van der Waals surface area contributed by atoms with Crippen molar-refractivity contribution >= 4 is 11.7 Å². The number of hydrogen-bond donors (Lipinski definition) is 1. The van der Waals surface area contributed by atoms with Crippen LogP contribution in [0, 0.1) is 17.6 Å². The molecule has 3 nitrogen and oxygen atoms in total. The topological polar surface area (TPSA) is 38.3 Å². The SMILES string of the molecule is CCC(CC)C(C)Nc1ccc(C(=O)OC)c(F)c1F. The number of nitrogens with one attached hydrogen (secondary N) is 1. The summed E-state index contributed by atoms with van der Waals surface area (Å²) in [6.45, 7) is 6.05. The predicted molar refractivity (Wildman–Crippen MR) is 74.9 cm³/mol. The van der Waals surface area contributed by atoms with Gasteiger partial charge in [0.05, 0.1) is 18.4 Å². The van der Waals surface area contributed by atoms with E-state index in [9.17, 15) is 13.6 Å². The molecule has 0 spiro atoms. The molecule has 0 aromatic heterocycles. The maximum atomic E-state index is 13.9. The van der Waals surface area contributed by atoms with Crippen molar-refractivity contribution in [3.8, 4) is 0 Å². The minimum atomic E-state index is -1.18. The number of benzene rings is 1. The molecule has 0 saturated heterocycles. The largest absolute Gasteiger partial charge is 0.465 e. The number of carbonyl (C=O) groups is 1. The molecular weight excluding hydrogens is 264 g/mol. The number of ether oxygens (including phenoxy) is 1. The maximum Gasteiger partial charge on any atom is 0.340 e. The van der Waals surface area contributed by atoms with Crippen LogP contribution >= 0.6 is 0 Å². The van der Waals surface area contributed by atoms with Gasteiger partial charge in [0, 0.05) is 6.04 Å². The zero-order valence-electron chi connectivity index (χ0n) is 12.3. The van der Waals surface area contributed by atoms with E-state index in [2.05, 4.69) is 23.9 Å². The smallest absolute Gasteiger partial charge is 0.340 e. The minimum Gasteiger partial charge on any atom is -0.465 e. The number of hydrogen-bond acceptors (Lipinski definition) is 3. The van der Waals surface area contributed by atoms with Crippen molar-refractivity contribution < 1.29 is 18.3 Å². The highest BCUT2D eigenvalue weighted by Gasteiger charge is 2.21. The molecule has 1 aromatic rings. The third kappa shape index (κ3) is 3.46. The average Bonchev–Trinajstić information content (AvgIpc) is 2.44. The summed E-state index contributed by atoms with van der Waals surface area (Å²) >= 11 is 0. The summed E-state index contributed by atoms with van der Waals surface area (Å²) in [5.74, 6) is -2.75. The lowest BCUT2D eigenvalue weighted by Gasteiger charge is -2.24. The van der Waals surface area contributed by atoms with Crippen molar-refractivity contribution in [1.82, 2.24) is 0 Å². The molecular formula is C15H21F2NO2. The van der Waals surface area contributed by atoms with Gasteiger partial charge in [-0.3, -0.25) is 0 Å². The summed E-state index contributed by atoms with van der Waals surface area (Å²) in [5, 5.41) is 2.97. The van der Waals surface area contributed by atoms with Gasteiger partial charge >= 0.3 is 5.97 Å². The fraction of sp³-hybridized carbons (Fsp3) is 0.533. The van der Waals surface area contributed by atoms with Crippen molar-refractivity contribution in [2.24, 2.45) is 5.92 Å². The Hall–Kier alpha value is -1.65. The summed E-state index contributed by atoms with van der Waals surface area (Å²) < 4.78 is 32.1. The van der Waals surface area contributed by atoms with Crippen LogP contribution in [0.4, 0.5) is 14.5 Å². The normalized spacial score (nSPS) is 12.3. The van der Waals surface area contributed by atoms with Gasteiger partial charge in [-0.05, 0) is 25.0 Å². The molecule has 0 aliphatic heterocycles. The first kappa shape index (κ1) is 16.4. The highest BCUT2D eigenvalue weighted by atomic mass is 19.2. The lowest BCUT2D eigenvalue weighted by atomic mass is 9.95. The number of anilines is 1. The van der Waals surface area contributed by atoms with Crippen molar-refractivity contribution in [2.75, 3.05) is 12.4 Å². The zero-order chi connectivity index (χ0) is 15.3. The number of rotatable bonds is 6. The van der Waals surface area contributed by atoms with E-state index in [1.807, 2.05) is 6.92 Å². The van der Waals surface area contributed by atoms with Crippen LogP contribution in [-0.4, -0.2) is 19.1 Å². The van der Waals surface area contributed by atoms with Gasteiger partial charge in [0.2, 0.25) is 0 Å². The number of carbonyl (C=O) groups excluding carboxylic acids is 1. The molecule has 5 heteroatoms. The van der Waals surface area contributed by atoms with Crippen LogP contribution < -0.4 is 5.32 Å². The fourth-order valence-electron chi connectivity index (χ4n) is 2.29. The highest BCUT2D eigenvalue weighted by Crippen LogP contribution is 2.24. The Balaban J connectivity index is 2.99. The lowest BCUT2D eigenvalue weighted by Crippen LogP contribution is -2.26. The van der Waals surface area contributed by atoms with Gasteiger partial charge in [0.15, 0.2) is 11.6 Å². The summed E-state index contributed by atoms with van der Waals surface area (Å²) in [6.07, 6.45) is 1.91. The lowest BCUT2D eigenvalue weighted by molar-refractivity contribution is 0.0594. The summed E-state index contributed by atoms with van der Waals surface area (Å²) in [6, 6.07) is 2.61. The molecule has 112 valence electrons. The van der Waals surface area contributed by atoms with Gasteiger partial charge in [0.1, 0.15) is 0 Å². The van der Waals surface area contributed by atoms with Gasteiger partial charge in [-0.1, -0.05) is 26.7 Å². The van der Waals surface area contributed by atoms with E-state index in [4.69, 9.17) is 0 Å². The standard InChI is InChI=1S/C15H21F2NO2/c1-5-10(6-2)9(3)18-12-8-7-11(15(19)20-4)13(16)14(12)17/h7-10,18H,5-6H2,1-4H3. The highest BCUT2D eigenvalue weighted by molar-refractivity contribution is 5.90. The van der Waals surface area contributed by atoms with E-state index in [0.29, 0.717) is 5.92 Å². The molecule has 1 aromatic carbocycles. The van der Waals surface area contributed by atoms with E-state index in [-0.39, 0.29) is 11.7 Å².